The lowest BCUT2D eigenvalue weighted by molar-refractivity contribution is 0.0995. The van der Waals surface area contributed by atoms with Crippen LogP contribution in [0.25, 0.3) is 0 Å². The lowest BCUT2D eigenvalue weighted by Gasteiger charge is -2.22. The Morgan fingerprint density at radius 3 is 2.50 bits per heavy atom. The summed E-state index contributed by atoms with van der Waals surface area (Å²) >= 11 is 0. The summed E-state index contributed by atoms with van der Waals surface area (Å²) in [5, 5.41) is 10.4. The summed E-state index contributed by atoms with van der Waals surface area (Å²) < 4.78 is 27.3. The summed E-state index contributed by atoms with van der Waals surface area (Å²) in [6.45, 7) is 2.01. The SMILES string of the molecule is CNc1nc(N(C)CC(C)NS(=O)(=O)c2ccccc2)nnc1C(N)=O. The lowest BCUT2D eigenvalue weighted by Crippen LogP contribution is -2.41. The van der Waals surface area contributed by atoms with Crippen LogP contribution >= 0.6 is 0 Å². The highest BCUT2D eigenvalue weighted by Crippen LogP contribution is 2.13. The van der Waals surface area contributed by atoms with Gasteiger partial charge >= 0.3 is 0 Å². The van der Waals surface area contributed by atoms with Gasteiger partial charge in [0.2, 0.25) is 16.0 Å². The average Bonchev–Trinajstić information content (AvgIpc) is 2.61. The van der Waals surface area contributed by atoms with E-state index in [0.717, 1.165) is 0 Å². The monoisotopic (exact) mass is 379 g/mol. The molecule has 0 radical (unpaired) electrons. The molecule has 0 aliphatic rings. The van der Waals surface area contributed by atoms with E-state index in [1.54, 1.807) is 44.1 Å². The third-order valence-corrected chi connectivity index (χ3v) is 5.05. The molecular formula is C15H21N7O3S. The molecule has 0 aliphatic heterocycles. The first-order valence-corrected chi connectivity index (χ1v) is 9.23. The molecule has 11 heteroatoms. The van der Waals surface area contributed by atoms with Crippen LogP contribution in [-0.2, 0) is 10.0 Å². The maximum absolute atomic E-state index is 12.3. The molecule has 2 rings (SSSR count). The van der Waals surface area contributed by atoms with Crippen molar-refractivity contribution in [1.29, 1.82) is 0 Å². The summed E-state index contributed by atoms with van der Waals surface area (Å²) in [5.41, 5.74) is 5.14. The number of anilines is 2. The van der Waals surface area contributed by atoms with Crippen LogP contribution in [-0.4, -0.2) is 56.2 Å². The molecule has 140 valence electrons. The normalized spacial score (nSPS) is 12.4. The molecule has 1 unspecified atom stereocenters. The number of hydrogen-bond donors (Lipinski definition) is 3. The van der Waals surface area contributed by atoms with Crippen LogP contribution in [0.5, 0.6) is 0 Å². The lowest BCUT2D eigenvalue weighted by atomic mass is 10.3. The Balaban J connectivity index is 2.09. The Labute approximate surface area is 151 Å². The minimum Gasteiger partial charge on any atom is -0.371 e. The van der Waals surface area contributed by atoms with E-state index in [-0.39, 0.29) is 28.9 Å². The predicted molar refractivity (Wildman–Crippen MR) is 97.4 cm³/mol. The zero-order valence-electron chi connectivity index (χ0n) is 14.7. The summed E-state index contributed by atoms with van der Waals surface area (Å²) in [7, 11) is -0.356. The third-order valence-electron chi connectivity index (χ3n) is 3.44. The van der Waals surface area contributed by atoms with Gasteiger partial charge in [-0.1, -0.05) is 18.2 Å². The number of nitrogens with zero attached hydrogens (tertiary/aromatic N) is 4. The number of rotatable bonds is 8. The number of carbonyl (C=O) groups is 1. The van der Waals surface area contributed by atoms with Gasteiger partial charge < -0.3 is 16.0 Å². The molecular weight excluding hydrogens is 358 g/mol. The highest BCUT2D eigenvalue weighted by Gasteiger charge is 2.20. The number of sulfonamides is 1. The quantitative estimate of drug-likeness (QED) is 0.573. The van der Waals surface area contributed by atoms with Gasteiger partial charge in [-0.05, 0) is 19.1 Å². The van der Waals surface area contributed by atoms with E-state index in [9.17, 15) is 13.2 Å². The van der Waals surface area contributed by atoms with Crippen molar-refractivity contribution in [1.82, 2.24) is 19.9 Å². The molecule has 0 aliphatic carbocycles. The number of likely N-dealkylation sites (N-methyl/N-ethyl adjacent to an activating group) is 1. The van der Waals surface area contributed by atoms with Gasteiger partial charge in [0.25, 0.3) is 5.91 Å². The molecule has 0 spiro atoms. The Morgan fingerprint density at radius 1 is 1.27 bits per heavy atom. The fourth-order valence-electron chi connectivity index (χ4n) is 2.28. The first-order chi connectivity index (χ1) is 12.2. The number of primary amides is 1. The molecule has 2 aromatic rings. The molecule has 1 aromatic heterocycles. The standard InChI is InChI=1S/C15H21N7O3S/c1-10(21-26(24,25)11-7-5-4-6-8-11)9-22(3)15-18-14(17-2)12(13(16)23)19-20-15/h4-8,10,21H,9H2,1-3H3,(H2,16,23)(H,17,18,20). The molecule has 0 saturated carbocycles. The van der Waals surface area contributed by atoms with E-state index >= 15 is 0 Å². The molecule has 0 fully saturated rings. The Bertz CT molecular complexity index is 874. The number of benzene rings is 1. The van der Waals surface area contributed by atoms with Crippen molar-refractivity contribution in [3.05, 3.63) is 36.0 Å². The van der Waals surface area contributed by atoms with Gasteiger partial charge in [0.15, 0.2) is 11.5 Å². The molecule has 0 saturated heterocycles. The molecule has 0 bridgehead atoms. The van der Waals surface area contributed by atoms with Crippen molar-refractivity contribution >= 4 is 27.7 Å². The summed E-state index contributed by atoms with van der Waals surface area (Å²) in [4.78, 5) is 17.3. The second-order valence-corrected chi connectivity index (χ2v) is 7.35. The van der Waals surface area contributed by atoms with E-state index < -0.39 is 22.0 Å². The highest BCUT2D eigenvalue weighted by atomic mass is 32.2. The van der Waals surface area contributed by atoms with Crippen molar-refractivity contribution in [2.75, 3.05) is 30.9 Å². The molecule has 1 atom stereocenters. The topological polar surface area (TPSA) is 143 Å². The van der Waals surface area contributed by atoms with E-state index in [1.807, 2.05) is 0 Å². The van der Waals surface area contributed by atoms with Crippen molar-refractivity contribution in [2.24, 2.45) is 5.73 Å². The molecule has 1 aromatic carbocycles. The van der Waals surface area contributed by atoms with Gasteiger partial charge in [0, 0.05) is 26.7 Å². The largest absolute Gasteiger partial charge is 0.371 e. The summed E-state index contributed by atoms with van der Waals surface area (Å²) in [6.07, 6.45) is 0. The molecule has 26 heavy (non-hydrogen) atoms. The maximum Gasteiger partial charge on any atom is 0.273 e. The van der Waals surface area contributed by atoms with Gasteiger partial charge in [-0.15, -0.1) is 10.2 Å². The second kappa shape index (κ2) is 8.06. The number of carbonyl (C=O) groups excluding carboxylic acids is 1. The van der Waals surface area contributed by atoms with Crippen LogP contribution in [0, 0.1) is 0 Å². The zero-order valence-corrected chi connectivity index (χ0v) is 15.5. The fourth-order valence-corrected chi connectivity index (χ4v) is 3.54. The van der Waals surface area contributed by atoms with Crippen molar-refractivity contribution in [3.63, 3.8) is 0 Å². The number of aromatic nitrogens is 3. The van der Waals surface area contributed by atoms with Crippen molar-refractivity contribution in [3.8, 4) is 0 Å². The number of hydrogen-bond acceptors (Lipinski definition) is 8. The Kier molecular flexibility index (Phi) is 6.05. The number of amides is 1. The van der Waals surface area contributed by atoms with Crippen molar-refractivity contribution in [2.45, 2.75) is 17.9 Å². The van der Waals surface area contributed by atoms with Gasteiger partial charge in [0.05, 0.1) is 4.90 Å². The van der Waals surface area contributed by atoms with Crippen LogP contribution in [0.4, 0.5) is 11.8 Å². The number of nitrogens with one attached hydrogen (secondary N) is 2. The molecule has 10 nitrogen and oxygen atoms in total. The summed E-state index contributed by atoms with van der Waals surface area (Å²) in [6, 6.07) is 7.67. The zero-order chi connectivity index (χ0) is 19.3. The first kappa shape index (κ1) is 19.5. The minimum atomic E-state index is -3.62. The van der Waals surface area contributed by atoms with Gasteiger partial charge in [-0.25, -0.2) is 13.1 Å². The van der Waals surface area contributed by atoms with Gasteiger partial charge in [0.1, 0.15) is 0 Å². The van der Waals surface area contributed by atoms with Crippen LogP contribution in [0.2, 0.25) is 0 Å². The van der Waals surface area contributed by atoms with Crippen LogP contribution in [0.1, 0.15) is 17.4 Å². The average molecular weight is 379 g/mol. The number of nitrogens with two attached hydrogens (primary N) is 1. The van der Waals surface area contributed by atoms with Crippen LogP contribution in [0.3, 0.4) is 0 Å². The molecule has 1 amide bonds. The minimum absolute atomic E-state index is 0.0671. The van der Waals surface area contributed by atoms with Gasteiger partial charge in [-0.3, -0.25) is 4.79 Å². The smallest absolute Gasteiger partial charge is 0.273 e. The van der Waals surface area contributed by atoms with Gasteiger partial charge in [-0.2, -0.15) is 4.98 Å². The first-order valence-electron chi connectivity index (χ1n) is 7.75. The predicted octanol–water partition coefficient (Wildman–Crippen LogP) is -0.185. The Morgan fingerprint density at radius 2 is 1.92 bits per heavy atom. The second-order valence-electron chi connectivity index (χ2n) is 5.64. The summed E-state index contributed by atoms with van der Waals surface area (Å²) in [5.74, 6) is -0.315. The highest BCUT2D eigenvalue weighted by molar-refractivity contribution is 7.89. The maximum atomic E-state index is 12.3. The van der Waals surface area contributed by atoms with Crippen LogP contribution < -0.4 is 20.7 Å². The van der Waals surface area contributed by atoms with E-state index in [1.165, 1.54) is 12.1 Å². The fraction of sp³-hybridized carbons (Fsp3) is 0.333. The molecule has 4 N–H and O–H groups in total. The van der Waals surface area contributed by atoms with Crippen LogP contribution in [0.15, 0.2) is 35.2 Å². The third kappa shape index (κ3) is 4.64. The van der Waals surface area contributed by atoms with E-state index in [4.69, 9.17) is 5.73 Å². The Hall–Kier alpha value is -2.79. The van der Waals surface area contributed by atoms with Crippen molar-refractivity contribution < 1.29 is 13.2 Å². The van der Waals surface area contributed by atoms with E-state index in [2.05, 4.69) is 25.2 Å². The molecule has 1 heterocycles. The van der Waals surface area contributed by atoms with E-state index in [0.29, 0.717) is 0 Å².